The number of quaternary nitrogens is 1. The Kier molecular flexibility index (Phi) is 10.5. The number of hydroxylamine groups is 1. The zero-order chi connectivity index (χ0) is 14.7. The van der Waals surface area contributed by atoms with E-state index in [0.717, 1.165) is 31.2 Å². The quantitative estimate of drug-likeness (QED) is 0.495. The van der Waals surface area contributed by atoms with Gasteiger partial charge in [-0.05, 0) is 58.4 Å². The average Bonchev–Trinajstić information content (AvgIpc) is 2.36. The standard InChI is InChI=1S/C17H31NO/c1-14(2)17(5)11-7-10-15(3)8-6-9-16(4)12-13-18-19/h8,11-12,14H,6-7,9-10,13,18H2,1-5H3. The van der Waals surface area contributed by atoms with E-state index in [9.17, 15) is 5.21 Å². The second kappa shape index (κ2) is 11.0. The summed E-state index contributed by atoms with van der Waals surface area (Å²) in [5, 5.41) is 10.3. The van der Waals surface area contributed by atoms with Gasteiger partial charge >= 0.3 is 0 Å². The highest BCUT2D eigenvalue weighted by Crippen LogP contribution is 2.13. The molecule has 0 aromatic rings. The fourth-order valence-corrected chi connectivity index (χ4v) is 1.76. The Labute approximate surface area is 119 Å². The van der Waals surface area contributed by atoms with Crippen molar-refractivity contribution in [3.63, 3.8) is 0 Å². The SMILES string of the molecule is CC(=CCCC(C)=CC[NH2+][O-])CCC=C(C)C(C)C. The van der Waals surface area contributed by atoms with Gasteiger partial charge in [0, 0.05) is 0 Å². The summed E-state index contributed by atoms with van der Waals surface area (Å²) in [6.07, 6.45) is 11.2. The molecule has 0 rings (SSSR count). The first-order valence-corrected chi connectivity index (χ1v) is 7.39. The molecule has 0 amide bonds. The van der Waals surface area contributed by atoms with Gasteiger partial charge in [0.1, 0.15) is 0 Å². The molecular formula is C17H31NO. The zero-order valence-corrected chi connectivity index (χ0v) is 13.3. The van der Waals surface area contributed by atoms with Gasteiger partial charge in [-0.1, -0.05) is 42.7 Å². The van der Waals surface area contributed by atoms with Crippen molar-refractivity contribution in [1.29, 1.82) is 0 Å². The number of rotatable bonds is 9. The Bertz CT molecular complexity index is 324. The minimum absolute atomic E-state index is 0.549. The smallest absolute Gasteiger partial charge is 0.0942 e. The highest BCUT2D eigenvalue weighted by molar-refractivity contribution is 5.06. The predicted octanol–water partition coefficient (Wildman–Crippen LogP) is 4.10. The van der Waals surface area contributed by atoms with E-state index in [1.807, 2.05) is 6.08 Å². The van der Waals surface area contributed by atoms with E-state index in [2.05, 4.69) is 46.8 Å². The molecule has 2 N–H and O–H groups in total. The summed E-state index contributed by atoms with van der Waals surface area (Å²) in [6.45, 7) is 11.6. The van der Waals surface area contributed by atoms with Crippen molar-refractivity contribution in [2.75, 3.05) is 6.54 Å². The van der Waals surface area contributed by atoms with Gasteiger partial charge in [0.15, 0.2) is 0 Å². The minimum Gasteiger partial charge on any atom is -0.636 e. The minimum atomic E-state index is 0.549. The Hall–Kier alpha value is -0.860. The van der Waals surface area contributed by atoms with Crippen molar-refractivity contribution >= 4 is 0 Å². The summed E-state index contributed by atoms with van der Waals surface area (Å²) >= 11 is 0. The molecule has 0 fully saturated rings. The van der Waals surface area contributed by atoms with Crippen LogP contribution in [0.15, 0.2) is 34.9 Å². The van der Waals surface area contributed by atoms with Gasteiger partial charge in [-0.3, -0.25) is 0 Å². The summed E-state index contributed by atoms with van der Waals surface area (Å²) in [5.74, 6) is 0.662. The van der Waals surface area contributed by atoms with Crippen molar-refractivity contribution < 1.29 is 5.48 Å². The Morgan fingerprint density at radius 1 is 0.947 bits per heavy atom. The van der Waals surface area contributed by atoms with Gasteiger partial charge in [-0.15, -0.1) is 0 Å². The van der Waals surface area contributed by atoms with Crippen LogP contribution in [0.4, 0.5) is 0 Å². The van der Waals surface area contributed by atoms with Crippen LogP contribution in [0.1, 0.15) is 60.3 Å². The molecule has 0 aromatic heterocycles. The van der Waals surface area contributed by atoms with Crippen LogP contribution < -0.4 is 5.48 Å². The first-order chi connectivity index (χ1) is 8.97. The molecule has 0 spiro atoms. The lowest BCUT2D eigenvalue weighted by molar-refractivity contribution is -0.578. The molecule has 2 heteroatoms. The van der Waals surface area contributed by atoms with Crippen LogP contribution in [0, 0.1) is 11.1 Å². The lowest BCUT2D eigenvalue weighted by atomic mass is 10.0. The van der Waals surface area contributed by atoms with Gasteiger partial charge in [0.2, 0.25) is 0 Å². The van der Waals surface area contributed by atoms with Gasteiger partial charge < -0.3 is 10.7 Å². The van der Waals surface area contributed by atoms with E-state index in [1.54, 1.807) is 0 Å². The fraction of sp³-hybridized carbons (Fsp3) is 0.647. The number of hydrogen-bond donors (Lipinski definition) is 1. The summed E-state index contributed by atoms with van der Waals surface area (Å²) in [6, 6.07) is 0. The van der Waals surface area contributed by atoms with Crippen molar-refractivity contribution in [3.8, 4) is 0 Å². The van der Waals surface area contributed by atoms with Gasteiger partial charge in [0.05, 0.1) is 6.54 Å². The van der Waals surface area contributed by atoms with Crippen molar-refractivity contribution in [1.82, 2.24) is 0 Å². The molecule has 0 saturated heterocycles. The summed E-state index contributed by atoms with van der Waals surface area (Å²) in [5.41, 5.74) is 5.22. The third kappa shape index (κ3) is 10.7. The number of allylic oxidation sites excluding steroid dienone is 5. The van der Waals surface area contributed by atoms with Crippen LogP contribution in [-0.2, 0) is 0 Å². The summed E-state index contributed by atoms with van der Waals surface area (Å²) < 4.78 is 0. The molecule has 110 valence electrons. The molecule has 19 heavy (non-hydrogen) atoms. The average molecular weight is 265 g/mol. The molecule has 0 radical (unpaired) electrons. The molecule has 0 bridgehead atoms. The van der Waals surface area contributed by atoms with E-state index >= 15 is 0 Å². The Morgan fingerprint density at radius 3 is 2.00 bits per heavy atom. The van der Waals surface area contributed by atoms with E-state index in [0.29, 0.717) is 12.5 Å². The molecule has 2 nitrogen and oxygen atoms in total. The molecule has 0 atom stereocenters. The van der Waals surface area contributed by atoms with Gasteiger partial charge in [-0.25, -0.2) is 0 Å². The van der Waals surface area contributed by atoms with Crippen LogP contribution >= 0.6 is 0 Å². The molecule has 0 aliphatic heterocycles. The first-order valence-electron chi connectivity index (χ1n) is 7.39. The van der Waals surface area contributed by atoms with E-state index in [4.69, 9.17) is 0 Å². The van der Waals surface area contributed by atoms with Crippen molar-refractivity contribution in [2.45, 2.75) is 60.3 Å². The molecule has 0 unspecified atom stereocenters. The van der Waals surface area contributed by atoms with E-state index < -0.39 is 0 Å². The lowest BCUT2D eigenvalue weighted by Crippen LogP contribution is -2.76. The van der Waals surface area contributed by atoms with Gasteiger partial charge in [0.25, 0.3) is 0 Å². The molecular weight excluding hydrogens is 234 g/mol. The number of hydrogen-bond acceptors (Lipinski definition) is 1. The summed E-state index contributed by atoms with van der Waals surface area (Å²) in [4.78, 5) is 0. The zero-order valence-electron chi connectivity index (χ0n) is 13.3. The third-order valence-corrected chi connectivity index (χ3v) is 3.51. The van der Waals surface area contributed by atoms with Crippen LogP contribution in [0.5, 0.6) is 0 Å². The highest BCUT2D eigenvalue weighted by Gasteiger charge is 1.96. The topological polar surface area (TPSA) is 39.7 Å². The Morgan fingerprint density at radius 2 is 1.47 bits per heavy atom. The maximum atomic E-state index is 10.3. The summed E-state index contributed by atoms with van der Waals surface area (Å²) in [7, 11) is 0. The highest BCUT2D eigenvalue weighted by atomic mass is 16.5. The molecule has 0 aromatic carbocycles. The van der Waals surface area contributed by atoms with E-state index in [1.165, 1.54) is 16.7 Å². The number of nitrogens with two attached hydrogens (primary N) is 1. The van der Waals surface area contributed by atoms with Crippen LogP contribution in [-0.4, -0.2) is 6.54 Å². The monoisotopic (exact) mass is 265 g/mol. The second-order valence-electron chi connectivity index (χ2n) is 5.68. The second-order valence-corrected chi connectivity index (χ2v) is 5.68. The predicted molar refractivity (Wildman–Crippen MR) is 84.7 cm³/mol. The lowest BCUT2D eigenvalue weighted by Gasteiger charge is -2.05. The van der Waals surface area contributed by atoms with Crippen LogP contribution in [0.3, 0.4) is 0 Å². The van der Waals surface area contributed by atoms with Crippen molar-refractivity contribution in [2.24, 2.45) is 5.92 Å². The van der Waals surface area contributed by atoms with Crippen molar-refractivity contribution in [3.05, 3.63) is 40.2 Å². The van der Waals surface area contributed by atoms with Gasteiger partial charge in [-0.2, -0.15) is 0 Å². The molecule has 0 saturated carbocycles. The molecule has 0 aliphatic rings. The van der Waals surface area contributed by atoms with Crippen LogP contribution in [0.25, 0.3) is 0 Å². The third-order valence-electron chi connectivity index (χ3n) is 3.51. The maximum absolute atomic E-state index is 10.3. The van der Waals surface area contributed by atoms with E-state index in [-0.39, 0.29) is 0 Å². The Balaban J connectivity index is 3.92. The largest absolute Gasteiger partial charge is 0.636 e. The first kappa shape index (κ1) is 18.1. The molecule has 0 heterocycles. The maximum Gasteiger partial charge on any atom is 0.0942 e. The van der Waals surface area contributed by atoms with Crippen LogP contribution in [0.2, 0.25) is 0 Å². The fourth-order valence-electron chi connectivity index (χ4n) is 1.76. The molecule has 0 aliphatic carbocycles. The normalized spacial score (nSPS) is 14.4.